The molecule has 3 N–H and O–H groups in total. The molecule has 0 bridgehead atoms. The number of halogens is 1. The molecule has 7 heteroatoms. The number of carbonyl (C=O) groups excluding carboxylic acids is 2. The van der Waals surface area contributed by atoms with Crippen LogP contribution in [-0.4, -0.2) is 16.8 Å². The molecule has 3 rings (SSSR count). The van der Waals surface area contributed by atoms with Gasteiger partial charge in [-0.05, 0) is 30.3 Å². The zero-order chi connectivity index (χ0) is 17.1. The predicted octanol–water partition coefficient (Wildman–Crippen LogP) is 3.35. The van der Waals surface area contributed by atoms with Crippen LogP contribution in [0.3, 0.4) is 0 Å². The van der Waals surface area contributed by atoms with Gasteiger partial charge in [0.1, 0.15) is 0 Å². The standard InChI is InChI=1S/C17H12ClN3O3/c18-13-7-2-1-6-12(13)15-14(20-9-24-15)17(23)21-11-5-3-4-10(8-11)16(19)22/h1-9H,(H2,19,22)(H,21,23). The first-order valence-electron chi connectivity index (χ1n) is 6.96. The Morgan fingerprint density at radius 1 is 1.12 bits per heavy atom. The van der Waals surface area contributed by atoms with Gasteiger partial charge < -0.3 is 15.5 Å². The molecule has 2 amide bonds. The first-order valence-corrected chi connectivity index (χ1v) is 7.33. The van der Waals surface area contributed by atoms with E-state index in [4.69, 9.17) is 21.8 Å². The number of carbonyl (C=O) groups is 2. The fourth-order valence-electron chi connectivity index (χ4n) is 2.18. The Kier molecular flexibility index (Phi) is 4.31. The number of oxazole rings is 1. The number of benzene rings is 2. The number of amides is 2. The van der Waals surface area contributed by atoms with E-state index in [1.165, 1.54) is 12.5 Å². The van der Waals surface area contributed by atoms with Gasteiger partial charge in [-0.1, -0.05) is 29.8 Å². The van der Waals surface area contributed by atoms with Crippen molar-refractivity contribution < 1.29 is 14.0 Å². The number of anilines is 1. The van der Waals surface area contributed by atoms with Gasteiger partial charge >= 0.3 is 0 Å². The monoisotopic (exact) mass is 341 g/mol. The number of rotatable bonds is 4. The van der Waals surface area contributed by atoms with Gasteiger partial charge in [0.05, 0.1) is 5.02 Å². The van der Waals surface area contributed by atoms with Crippen LogP contribution in [0.1, 0.15) is 20.8 Å². The van der Waals surface area contributed by atoms with Crippen molar-refractivity contribution in [1.82, 2.24) is 4.98 Å². The molecule has 1 heterocycles. The second-order valence-corrected chi connectivity index (χ2v) is 5.32. The number of aromatic nitrogens is 1. The van der Waals surface area contributed by atoms with E-state index in [9.17, 15) is 9.59 Å². The van der Waals surface area contributed by atoms with Crippen LogP contribution in [0.4, 0.5) is 5.69 Å². The Balaban J connectivity index is 1.90. The quantitative estimate of drug-likeness (QED) is 0.760. The van der Waals surface area contributed by atoms with E-state index in [2.05, 4.69) is 10.3 Å². The molecule has 120 valence electrons. The van der Waals surface area contributed by atoms with Gasteiger partial charge in [0.15, 0.2) is 17.8 Å². The van der Waals surface area contributed by atoms with Gasteiger partial charge in [0.25, 0.3) is 5.91 Å². The van der Waals surface area contributed by atoms with Crippen molar-refractivity contribution in [2.45, 2.75) is 0 Å². The van der Waals surface area contributed by atoms with Crippen LogP contribution in [0.5, 0.6) is 0 Å². The summed E-state index contributed by atoms with van der Waals surface area (Å²) in [6.07, 6.45) is 1.17. The van der Waals surface area contributed by atoms with E-state index in [0.29, 0.717) is 21.8 Å². The van der Waals surface area contributed by atoms with Crippen LogP contribution in [0.25, 0.3) is 11.3 Å². The third kappa shape index (κ3) is 3.13. The van der Waals surface area contributed by atoms with Crippen molar-refractivity contribution >= 4 is 29.1 Å². The Bertz CT molecular complexity index is 921. The molecule has 1 aromatic heterocycles. The smallest absolute Gasteiger partial charge is 0.278 e. The normalized spacial score (nSPS) is 10.4. The van der Waals surface area contributed by atoms with Crippen molar-refractivity contribution in [3.05, 3.63) is 71.2 Å². The fourth-order valence-corrected chi connectivity index (χ4v) is 2.41. The van der Waals surface area contributed by atoms with E-state index in [-0.39, 0.29) is 11.5 Å². The molecular weight excluding hydrogens is 330 g/mol. The Morgan fingerprint density at radius 2 is 1.92 bits per heavy atom. The maximum atomic E-state index is 12.5. The summed E-state index contributed by atoms with van der Waals surface area (Å²) in [5.41, 5.74) is 6.60. The van der Waals surface area contributed by atoms with E-state index < -0.39 is 11.8 Å². The molecule has 24 heavy (non-hydrogen) atoms. The Morgan fingerprint density at radius 3 is 2.67 bits per heavy atom. The summed E-state index contributed by atoms with van der Waals surface area (Å²) >= 11 is 6.14. The lowest BCUT2D eigenvalue weighted by molar-refractivity contribution is 0.0995. The number of primary amides is 1. The molecule has 0 spiro atoms. The van der Waals surface area contributed by atoms with Gasteiger partial charge in [0, 0.05) is 16.8 Å². The van der Waals surface area contributed by atoms with Crippen LogP contribution >= 0.6 is 11.6 Å². The van der Waals surface area contributed by atoms with Crippen molar-refractivity contribution in [1.29, 1.82) is 0 Å². The summed E-state index contributed by atoms with van der Waals surface area (Å²) in [6, 6.07) is 13.3. The zero-order valence-corrected chi connectivity index (χ0v) is 13.1. The average Bonchev–Trinajstić information content (AvgIpc) is 3.05. The fraction of sp³-hybridized carbons (Fsp3) is 0. The highest BCUT2D eigenvalue weighted by Crippen LogP contribution is 2.30. The second-order valence-electron chi connectivity index (χ2n) is 4.91. The van der Waals surface area contributed by atoms with Gasteiger partial charge in [0.2, 0.25) is 5.91 Å². The molecule has 6 nitrogen and oxygen atoms in total. The molecule has 0 aliphatic carbocycles. The molecular formula is C17H12ClN3O3. The second kappa shape index (κ2) is 6.55. The van der Waals surface area contributed by atoms with Gasteiger partial charge in [-0.2, -0.15) is 0 Å². The van der Waals surface area contributed by atoms with Crippen molar-refractivity contribution in [2.75, 3.05) is 5.32 Å². The lowest BCUT2D eigenvalue weighted by atomic mass is 10.1. The number of hydrogen-bond donors (Lipinski definition) is 2. The topological polar surface area (TPSA) is 98.2 Å². The molecule has 0 saturated carbocycles. The first kappa shape index (κ1) is 15.8. The summed E-state index contributed by atoms with van der Waals surface area (Å²) < 4.78 is 5.32. The highest BCUT2D eigenvalue weighted by atomic mass is 35.5. The van der Waals surface area contributed by atoms with Gasteiger partial charge in [-0.25, -0.2) is 4.98 Å². The van der Waals surface area contributed by atoms with Crippen LogP contribution in [-0.2, 0) is 0 Å². The molecule has 0 saturated heterocycles. The highest BCUT2D eigenvalue weighted by Gasteiger charge is 2.20. The van der Waals surface area contributed by atoms with E-state index in [0.717, 1.165) is 0 Å². The third-order valence-corrected chi connectivity index (χ3v) is 3.64. The lowest BCUT2D eigenvalue weighted by Gasteiger charge is -2.06. The molecule has 2 aromatic carbocycles. The number of nitrogens with zero attached hydrogens (tertiary/aromatic N) is 1. The van der Waals surface area contributed by atoms with Crippen LogP contribution in [0, 0.1) is 0 Å². The largest absolute Gasteiger partial charge is 0.443 e. The minimum absolute atomic E-state index is 0.0904. The average molecular weight is 342 g/mol. The predicted molar refractivity (Wildman–Crippen MR) is 89.9 cm³/mol. The summed E-state index contributed by atoms with van der Waals surface area (Å²) in [4.78, 5) is 27.6. The molecule has 0 aliphatic heterocycles. The van der Waals surface area contributed by atoms with Gasteiger partial charge in [-0.3, -0.25) is 9.59 Å². The zero-order valence-electron chi connectivity index (χ0n) is 12.3. The van der Waals surface area contributed by atoms with Crippen LogP contribution in [0.2, 0.25) is 5.02 Å². The maximum absolute atomic E-state index is 12.5. The lowest BCUT2D eigenvalue weighted by Crippen LogP contribution is -2.15. The molecule has 0 fully saturated rings. The van der Waals surface area contributed by atoms with Crippen molar-refractivity contribution in [2.24, 2.45) is 5.73 Å². The first-order chi connectivity index (χ1) is 11.6. The van der Waals surface area contributed by atoms with Crippen molar-refractivity contribution in [3.63, 3.8) is 0 Å². The van der Waals surface area contributed by atoms with E-state index in [1.54, 1.807) is 42.5 Å². The van der Waals surface area contributed by atoms with Crippen molar-refractivity contribution in [3.8, 4) is 11.3 Å². The molecule has 0 unspecified atom stereocenters. The number of hydrogen-bond acceptors (Lipinski definition) is 4. The molecule has 0 atom stereocenters. The summed E-state index contributed by atoms with van der Waals surface area (Å²) in [5.74, 6) is -0.797. The maximum Gasteiger partial charge on any atom is 0.278 e. The Labute approximate surface area is 142 Å². The van der Waals surface area contributed by atoms with E-state index >= 15 is 0 Å². The molecule has 0 aliphatic rings. The SMILES string of the molecule is NC(=O)c1cccc(NC(=O)c2ncoc2-c2ccccc2Cl)c1. The summed E-state index contributed by atoms with van der Waals surface area (Å²) in [5, 5.41) is 3.10. The number of nitrogens with one attached hydrogen (secondary N) is 1. The van der Waals surface area contributed by atoms with Gasteiger partial charge in [-0.15, -0.1) is 0 Å². The van der Waals surface area contributed by atoms with Crippen LogP contribution in [0.15, 0.2) is 59.3 Å². The Hall–Kier alpha value is -3.12. The number of nitrogens with two attached hydrogens (primary N) is 1. The minimum atomic E-state index is -0.579. The van der Waals surface area contributed by atoms with Crippen LogP contribution < -0.4 is 11.1 Å². The minimum Gasteiger partial charge on any atom is -0.443 e. The third-order valence-electron chi connectivity index (χ3n) is 3.31. The summed E-state index contributed by atoms with van der Waals surface area (Å²) in [6.45, 7) is 0. The highest BCUT2D eigenvalue weighted by molar-refractivity contribution is 6.33. The van der Waals surface area contributed by atoms with E-state index in [1.807, 2.05) is 0 Å². The molecule has 0 radical (unpaired) electrons. The molecule has 3 aromatic rings. The summed E-state index contributed by atoms with van der Waals surface area (Å²) in [7, 11) is 0.